The Morgan fingerprint density at radius 2 is 1.56 bits per heavy atom. The summed E-state index contributed by atoms with van der Waals surface area (Å²) < 4.78 is 0. The third-order valence-corrected chi connectivity index (χ3v) is 5.64. The lowest BCUT2D eigenvalue weighted by Gasteiger charge is -2.23. The van der Waals surface area contributed by atoms with E-state index in [0.29, 0.717) is 35.4 Å². The van der Waals surface area contributed by atoms with Crippen molar-refractivity contribution in [2.45, 2.75) is 88.0 Å². The van der Waals surface area contributed by atoms with E-state index in [4.69, 9.17) is 4.79 Å². The fraction of sp³-hybridized carbons (Fsp3) is 0.826. The molecule has 1 saturated carbocycles. The summed E-state index contributed by atoms with van der Waals surface area (Å²) >= 11 is 0. The van der Waals surface area contributed by atoms with E-state index in [2.05, 4.69) is 48.1 Å². The van der Waals surface area contributed by atoms with Crippen LogP contribution in [0.5, 0.6) is 0 Å². The first-order valence-corrected chi connectivity index (χ1v) is 10.1. The summed E-state index contributed by atoms with van der Waals surface area (Å²) in [6.45, 7) is 26.1. The van der Waals surface area contributed by atoms with Crippen LogP contribution in [0.3, 0.4) is 0 Å². The van der Waals surface area contributed by atoms with Gasteiger partial charge in [0, 0.05) is 6.42 Å². The quantitative estimate of drug-likeness (QED) is 0.431. The zero-order valence-corrected chi connectivity index (χ0v) is 18.4. The predicted octanol–water partition coefficient (Wildman–Crippen LogP) is 6.73. The van der Waals surface area contributed by atoms with Crippen LogP contribution in [0.25, 0.3) is 0 Å². The highest BCUT2D eigenvalue weighted by atomic mass is 16.1. The second kappa shape index (κ2) is 12.4. The van der Waals surface area contributed by atoms with E-state index in [9.17, 15) is 4.79 Å². The van der Waals surface area contributed by atoms with Crippen molar-refractivity contribution in [1.29, 1.82) is 0 Å². The number of allylic oxidation sites excluding steroid dienone is 1. The van der Waals surface area contributed by atoms with Crippen LogP contribution >= 0.6 is 0 Å². The minimum absolute atomic E-state index is 0.299. The van der Waals surface area contributed by atoms with Crippen LogP contribution in [0, 0.1) is 35.0 Å². The number of hydrogen-bond donors (Lipinski definition) is 0. The third kappa shape index (κ3) is 8.33. The molecule has 1 fully saturated rings. The van der Waals surface area contributed by atoms with Crippen molar-refractivity contribution in [2.24, 2.45) is 35.0 Å². The molecule has 0 amide bonds. The molecule has 2 nitrogen and oxygen atoms in total. The second-order valence-corrected chi connectivity index (χ2v) is 8.43. The molecular weight excluding hydrogens is 308 g/mol. The van der Waals surface area contributed by atoms with Crippen molar-refractivity contribution in [1.82, 2.24) is 0 Å². The Morgan fingerprint density at radius 1 is 1.08 bits per heavy atom. The number of ketones is 1. The summed E-state index contributed by atoms with van der Waals surface area (Å²) in [6.07, 6.45) is 4.15. The fourth-order valence-electron chi connectivity index (χ4n) is 4.71. The molecule has 2 unspecified atom stereocenters. The van der Waals surface area contributed by atoms with Crippen molar-refractivity contribution in [3.63, 3.8) is 0 Å². The van der Waals surface area contributed by atoms with Gasteiger partial charge in [-0.1, -0.05) is 74.0 Å². The molecule has 0 heterocycles. The van der Waals surface area contributed by atoms with E-state index < -0.39 is 0 Å². The summed E-state index contributed by atoms with van der Waals surface area (Å²) in [7, 11) is 0. The molecule has 0 spiro atoms. The molecule has 0 saturated heterocycles. The Hall–Kier alpha value is -0.920. The number of carbonyl (C=O) groups is 2. The topological polar surface area (TPSA) is 34.1 Å². The Labute approximate surface area is 157 Å². The van der Waals surface area contributed by atoms with Crippen molar-refractivity contribution in [3.05, 3.63) is 12.2 Å². The van der Waals surface area contributed by atoms with Crippen LogP contribution < -0.4 is 0 Å². The number of carbonyl (C=O) groups excluding carboxylic acids is 2. The normalized spacial score (nSPS) is 22.6. The van der Waals surface area contributed by atoms with E-state index in [1.807, 2.05) is 20.6 Å². The van der Waals surface area contributed by atoms with Gasteiger partial charge in [0.1, 0.15) is 12.6 Å². The molecule has 2 heteroatoms. The zero-order chi connectivity index (χ0) is 20.4. The van der Waals surface area contributed by atoms with Gasteiger partial charge in [0.05, 0.1) is 0 Å². The van der Waals surface area contributed by atoms with E-state index in [1.165, 1.54) is 12.0 Å². The molecule has 0 aromatic rings. The highest BCUT2D eigenvalue weighted by Gasteiger charge is 2.57. The molecule has 1 aliphatic rings. The van der Waals surface area contributed by atoms with E-state index in [0.717, 1.165) is 24.7 Å². The van der Waals surface area contributed by atoms with Gasteiger partial charge in [0.15, 0.2) is 0 Å². The van der Waals surface area contributed by atoms with Crippen molar-refractivity contribution < 1.29 is 9.59 Å². The highest BCUT2D eigenvalue weighted by Crippen LogP contribution is 2.64. The highest BCUT2D eigenvalue weighted by molar-refractivity contribution is 5.76. The average molecular weight is 353 g/mol. The summed E-state index contributed by atoms with van der Waals surface area (Å²) in [5, 5.41) is 0. The molecule has 0 aromatic heterocycles. The van der Waals surface area contributed by atoms with Crippen molar-refractivity contribution in [2.75, 3.05) is 0 Å². The largest absolute Gasteiger partial charge is 0.307 e. The third-order valence-electron chi connectivity index (χ3n) is 5.64. The minimum Gasteiger partial charge on any atom is -0.307 e. The minimum atomic E-state index is 0.299. The molecule has 25 heavy (non-hydrogen) atoms. The zero-order valence-electron chi connectivity index (χ0n) is 18.4. The van der Waals surface area contributed by atoms with Crippen LogP contribution in [-0.4, -0.2) is 12.6 Å². The van der Waals surface area contributed by atoms with Gasteiger partial charge in [-0.25, -0.2) is 0 Å². The molecule has 0 N–H and O–H groups in total. The van der Waals surface area contributed by atoms with Gasteiger partial charge < -0.3 is 9.59 Å². The van der Waals surface area contributed by atoms with Gasteiger partial charge in [-0.05, 0) is 54.8 Å². The monoisotopic (exact) mass is 352 g/mol. The summed E-state index contributed by atoms with van der Waals surface area (Å²) in [4.78, 5) is 19.5. The Kier molecular flexibility index (Phi) is 13.1. The molecule has 0 bridgehead atoms. The standard InChI is InChI=1S/C20H36O.C2H6.CH2O/c1-9-18-19(20(18,7)8)15(5)11-14(4)17(10-13(2)3)12-16(6)21;2*1-2/h13,15,17-19H,4,9-12H2,1-3,5-8H3;1-2H3;1H2/t15-,17+,18?,19?;;/m1../s1. The van der Waals surface area contributed by atoms with Gasteiger partial charge >= 0.3 is 0 Å². The van der Waals surface area contributed by atoms with Gasteiger partial charge in [-0.15, -0.1) is 0 Å². The van der Waals surface area contributed by atoms with E-state index in [1.54, 1.807) is 6.92 Å². The molecule has 1 rings (SSSR count). The van der Waals surface area contributed by atoms with Crippen molar-refractivity contribution in [3.8, 4) is 0 Å². The lowest BCUT2D eigenvalue weighted by atomic mass is 9.81. The summed E-state index contributed by atoms with van der Waals surface area (Å²) in [6, 6.07) is 0. The van der Waals surface area contributed by atoms with Gasteiger partial charge in [0.25, 0.3) is 0 Å². The maximum absolute atomic E-state index is 11.5. The fourth-order valence-corrected chi connectivity index (χ4v) is 4.71. The van der Waals surface area contributed by atoms with Crippen LogP contribution in [0.15, 0.2) is 12.2 Å². The molecule has 4 atom stereocenters. The Bertz CT molecular complexity index is 395. The van der Waals surface area contributed by atoms with Gasteiger partial charge in [0.2, 0.25) is 0 Å². The number of hydrogen-bond acceptors (Lipinski definition) is 2. The average Bonchev–Trinajstić information content (AvgIpc) is 3.11. The lowest BCUT2D eigenvalue weighted by Crippen LogP contribution is -2.14. The smallest absolute Gasteiger partial charge is 0.130 e. The van der Waals surface area contributed by atoms with Crippen LogP contribution in [0.2, 0.25) is 0 Å². The molecule has 1 aliphatic carbocycles. The number of rotatable bonds is 9. The van der Waals surface area contributed by atoms with Crippen molar-refractivity contribution >= 4 is 12.6 Å². The van der Waals surface area contributed by atoms with Gasteiger partial charge in [-0.3, -0.25) is 0 Å². The summed E-state index contributed by atoms with van der Waals surface area (Å²) in [5.74, 6) is 3.70. The van der Waals surface area contributed by atoms with E-state index in [-0.39, 0.29) is 0 Å². The first-order valence-electron chi connectivity index (χ1n) is 10.1. The molecule has 0 aliphatic heterocycles. The van der Waals surface area contributed by atoms with Crippen LogP contribution in [0.4, 0.5) is 0 Å². The molecule has 0 radical (unpaired) electrons. The Morgan fingerprint density at radius 3 is 1.88 bits per heavy atom. The maximum atomic E-state index is 11.5. The van der Waals surface area contributed by atoms with Crippen LogP contribution in [0.1, 0.15) is 88.0 Å². The van der Waals surface area contributed by atoms with E-state index >= 15 is 0 Å². The van der Waals surface area contributed by atoms with Crippen LogP contribution in [-0.2, 0) is 9.59 Å². The Balaban J connectivity index is 0. The van der Waals surface area contributed by atoms with Gasteiger partial charge in [-0.2, -0.15) is 0 Å². The first kappa shape index (κ1) is 26.3. The molecular formula is C23H44O2. The molecule has 148 valence electrons. The summed E-state index contributed by atoms with van der Waals surface area (Å²) in [5.41, 5.74) is 1.81. The predicted molar refractivity (Wildman–Crippen MR) is 111 cm³/mol. The second-order valence-electron chi connectivity index (χ2n) is 8.43. The SMILES string of the molecule is C=C(C[C@@H](C)C1C(CC)C1(C)C)[C@H](CC(C)=O)CC(C)C.C=O.CC. The maximum Gasteiger partial charge on any atom is 0.130 e. The first-order chi connectivity index (χ1) is 11.6. The number of Topliss-reactive ketones (excluding diaryl/α,β-unsaturated/α-hetero) is 1. The molecule has 0 aromatic carbocycles. The lowest BCUT2D eigenvalue weighted by molar-refractivity contribution is -0.117.